The van der Waals surface area contributed by atoms with Gasteiger partial charge in [-0.25, -0.2) is 4.98 Å². The van der Waals surface area contributed by atoms with E-state index in [0.717, 1.165) is 10.0 Å². The number of primary amides is 1. The van der Waals surface area contributed by atoms with E-state index >= 15 is 0 Å². The van der Waals surface area contributed by atoms with Crippen molar-refractivity contribution in [3.05, 3.63) is 76.4 Å². The van der Waals surface area contributed by atoms with Gasteiger partial charge in [-0.2, -0.15) is 5.10 Å². The number of hydrogen-bond donors (Lipinski definition) is 3. The zero-order chi connectivity index (χ0) is 19.7. The van der Waals surface area contributed by atoms with Gasteiger partial charge in [0.15, 0.2) is 5.82 Å². The van der Waals surface area contributed by atoms with E-state index in [1.165, 1.54) is 6.07 Å². The van der Waals surface area contributed by atoms with Crippen LogP contribution in [0.2, 0.25) is 0 Å². The van der Waals surface area contributed by atoms with Crippen molar-refractivity contribution in [3.63, 3.8) is 0 Å². The van der Waals surface area contributed by atoms with Gasteiger partial charge in [0.05, 0.1) is 16.8 Å². The quantitative estimate of drug-likeness (QED) is 0.452. The third-order valence-electron chi connectivity index (χ3n) is 4.17. The standard InChI is InChI=1S/C20H14BrN5O2/c21-12-6-7-13-14(20(28)24-18-10-17(19(22)27)25-26-18)9-15(23-16(13)8-12)11-4-2-1-3-5-11/h1-10H,(H2,22,27)(H2,24,25,26,28). The molecule has 4 N–H and O–H groups in total. The lowest BCUT2D eigenvalue weighted by atomic mass is 10.0. The van der Waals surface area contributed by atoms with Crippen LogP contribution in [0, 0.1) is 0 Å². The van der Waals surface area contributed by atoms with Crippen LogP contribution in [0.1, 0.15) is 20.8 Å². The Kier molecular flexibility index (Phi) is 4.62. The SMILES string of the molecule is NC(=O)c1cc(NC(=O)c2cc(-c3ccccc3)nc3cc(Br)ccc23)n[nH]1. The molecule has 0 aliphatic carbocycles. The smallest absolute Gasteiger partial charge is 0.266 e. The second-order valence-corrected chi connectivity index (χ2v) is 6.98. The molecule has 0 saturated carbocycles. The molecule has 2 aromatic heterocycles. The number of pyridine rings is 1. The number of nitrogens with one attached hydrogen (secondary N) is 2. The van der Waals surface area contributed by atoms with Crippen molar-refractivity contribution < 1.29 is 9.59 Å². The van der Waals surface area contributed by atoms with E-state index in [1.54, 1.807) is 6.07 Å². The molecule has 7 nitrogen and oxygen atoms in total. The highest BCUT2D eigenvalue weighted by Gasteiger charge is 2.16. The summed E-state index contributed by atoms with van der Waals surface area (Å²) in [6.45, 7) is 0. The predicted octanol–water partition coefficient (Wildman–Crippen LogP) is 3.74. The van der Waals surface area contributed by atoms with Crippen molar-refractivity contribution in [2.24, 2.45) is 5.73 Å². The zero-order valence-electron chi connectivity index (χ0n) is 14.4. The van der Waals surface area contributed by atoms with Crippen molar-refractivity contribution in [1.29, 1.82) is 0 Å². The van der Waals surface area contributed by atoms with Crippen LogP contribution in [-0.4, -0.2) is 27.0 Å². The van der Waals surface area contributed by atoms with Gasteiger partial charge in [0.25, 0.3) is 11.8 Å². The average Bonchev–Trinajstić information content (AvgIpc) is 3.16. The molecule has 4 rings (SSSR count). The first-order chi connectivity index (χ1) is 13.5. The number of hydrogen-bond acceptors (Lipinski definition) is 4. The Labute approximate surface area is 168 Å². The number of anilines is 1. The lowest BCUT2D eigenvalue weighted by molar-refractivity contribution is 0.0993. The van der Waals surface area contributed by atoms with E-state index < -0.39 is 5.91 Å². The molecule has 28 heavy (non-hydrogen) atoms. The summed E-state index contributed by atoms with van der Waals surface area (Å²) >= 11 is 3.45. The van der Waals surface area contributed by atoms with Gasteiger partial charge in [-0.1, -0.05) is 52.3 Å². The fourth-order valence-corrected chi connectivity index (χ4v) is 3.19. The van der Waals surface area contributed by atoms with Crippen LogP contribution >= 0.6 is 15.9 Å². The Morgan fingerprint density at radius 3 is 2.54 bits per heavy atom. The summed E-state index contributed by atoms with van der Waals surface area (Å²) in [6, 6.07) is 18.3. The number of nitrogens with two attached hydrogens (primary N) is 1. The molecular formula is C20H14BrN5O2. The van der Waals surface area contributed by atoms with Crippen molar-refractivity contribution in [1.82, 2.24) is 15.2 Å². The van der Waals surface area contributed by atoms with E-state index in [4.69, 9.17) is 10.7 Å². The van der Waals surface area contributed by atoms with Crippen LogP contribution in [0.15, 0.2) is 65.1 Å². The van der Waals surface area contributed by atoms with Gasteiger partial charge >= 0.3 is 0 Å². The number of carbonyl (C=O) groups is 2. The summed E-state index contributed by atoms with van der Waals surface area (Å²) in [5.74, 6) is -0.810. The number of benzene rings is 2. The maximum atomic E-state index is 13.0. The van der Waals surface area contributed by atoms with Gasteiger partial charge < -0.3 is 11.1 Å². The first-order valence-electron chi connectivity index (χ1n) is 8.33. The van der Waals surface area contributed by atoms with Gasteiger partial charge in [-0.05, 0) is 18.2 Å². The number of nitrogens with zero attached hydrogens (tertiary/aromatic N) is 2. The number of fused-ring (bicyclic) bond motifs is 1. The maximum Gasteiger partial charge on any atom is 0.266 e. The van der Waals surface area contributed by atoms with E-state index in [2.05, 4.69) is 31.4 Å². The molecule has 0 saturated heterocycles. The second-order valence-electron chi connectivity index (χ2n) is 6.07. The van der Waals surface area contributed by atoms with Crippen molar-refractivity contribution in [2.75, 3.05) is 5.32 Å². The Hall–Kier alpha value is -3.52. The Balaban J connectivity index is 1.79. The van der Waals surface area contributed by atoms with Crippen molar-refractivity contribution in [2.45, 2.75) is 0 Å². The number of aromatic nitrogens is 3. The number of halogens is 1. The van der Waals surface area contributed by atoms with Crippen LogP contribution in [0.3, 0.4) is 0 Å². The minimum absolute atomic E-state index is 0.115. The molecule has 0 atom stereocenters. The van der Waals surface area contributed by atoms with Crippen LogP contribution in [0.5, 0.6) is 0 Å². The topological polar surface area (TPSA) is 114 Å². The lowest BCUT2D eigenvalue weighted by Gasteiger charge is -2.10. The van der Waals surface area contributed by atoms with Gasteiger partial charge in [0, 0.05) is 21.5 Å². The normalized spacial score (nSPS) is 10.8. The van der Waals surface area contributed by atoms with Crippen LogP contribution < -0.4 is 11.1 Å². The third kappa shape index (κ3) is 3.49. The Morgan fingerprint density at radius 2 is 1.82 bits per heavy atom. The van der Waals surface area contributed by atoms with Crippen molar-refractivity contribution in [3.8, 4) is 11.3 Å². The summed E-state index contributed by atoms with van der Waals surface area (Å²) in [4.78, 5) is 28.8. The summed E-state index contributed by atoms with van der Waals surface area (Å²) in [6.07, 6.45) is 0. The highest BCUT2D eigenvalue weighted by molar-refractivity contribution is 9.10. The first kappa shape index (κ1) is 17.9. The van der Waals surface area contributed by atoms with Gasteiger partial charge in [0.2, 0.25) is 0 Å². The highest BCUT2D eigenvalue weighted by atomic mass is 79.9. The van der Waals surface area contributed by atoms with Gasteiger partial charge in [-0.3, -0.25) is 14.7 Å². The summed E-state index contributed by atoms with van der Waals surface area (Å²) in [5, 5.41) is 9.77. The molecule has 0 radical (unpaired) electrons. The second kappa shape index (κ2) is 7.24. The van der Waals surface area contributed by atoms with Gasteiger partial charge in [-0.15, -0.1) is 0 Å². The molecule has 0 aliphatic rings. The van der Waals surface area contributed by atoms with Gasteiger partial charge in [0.1, 0.15) is 5.69 Å². The fourth-order valence-electron chi connectivity index (χ4n) is 2.84. The number of carbonyl (C=O) groups excluding carboxylic acids is 2. The molecule has 2 amide bonds. The van der Waals surface area contributed by atoms with Crippen LogP contribution in [0.25, 0.3) is 22.2 Å². The largest absolute Gasteiger partial charge is 0.364 e. The minimum Gasteiger partial charge on any atom is -0.364 e. The molecule has 8 heteroatoms. The van der Waals surface area contributed by atoms with Crippen LogP contribution in [-0.2, 0) is 0 Å². The summed E-state index contributed by atoms with van der Waals surface area (Å²) in [5.41, 5.74) is 8.02. The highest BCUT2D eigenvalue weighted by Crippen LogP contribution is 2.27. The van der Waals surface area contributed by atoms with E-state index in [1.807, 2.05) is 48.5 Å². The van der Waals surface area contributed by atoms with E-state index in [9.17, 15) is 9.59 Å². The molecule has 0 unspecified atom stereocenters. The third-order valence-corrected chi connectivity index (χ3v) is 4.66. The van der Waals surface area contributed by atoms with E-state index in [0.29, 0.717) is 22.2 Å². The molecule has 2 aromatic carbocycles. The zero-order valence-corrected chi connectivity index (χ0v) is 16.0. The number of aromatic amines is 1. The maximum absolute atomic E-state index is 13.0. The Bertz CT molecular complexity index is 1200. The molecular weight excluding hydrogens is 422 g/mol. The Morgan fingerprint density at radius 1 is 1.04 bits per heavy atom. The molecule has 0 bridgehead atoms. The fraction of sp³-hybridized carbons (Fsp3) is 0. The predicted molar refractivity (Wildman–Crippen MR) is 110 cm³/mol. The monoisotopic (exact) mass is 435 g/mol. The minimum atomic E-state index is -0.654. The molecule has 138 valence electrons. The molecule has 0 spiro atoms. The number of rotatable bonds is 4. The van der Waals surface area contributed by atoms with Crippen molar-refractivity contribution >= 4 is 44.5 Å². The first-order valence-corrected chi connectivity index (χ1v) is 9.13. The summed E-state index contributed by atoms with van der Waals surface area (Å²) in [7, 11) is 0. The summed E-state index contributed by atoms with van der Waals surface area (Å²) < 4.78 is 0.863. The van der Waals surface area contributed by atoms with Crippen LogP contribution in [0.4, 0.5) is 5.82 Å². The molecule has 0 fully saturated rings. The number of H-pyrrole nitrogens is 1. The number of amides is 2. The lowest BCUT2D eigenvalue weighted by Crippen LogP contribution is -2.13. The average molecular weight is 436 g/mol. The molecule has 0 aliphatic heterocycles. The molecule has 2 heterocycles. The molecule has 4 aromatic rings. The van der Waals surface area contributed by atoms with E-state index in [-0.39, 0.29) is 17.4 Å².